The molecule has 0 aromatic heterocycles. The van der Waals surface area contributed by atoms with Crippen LogP contribution in [-0.4, -0.2) is 23.3 Å². The van der Waals surface area contributed by atoms with Crippen LogP contribution in [-0.2, 0) is 4.79 Å². The summed E-state index contributed by atoms with van der Waals surface area (Å²) < 4.78 is 0. The first-order valence-electron chi connectivity index (χ1n) is 6.99. The van der Waals surface area contributed by atoms with Gasteiger partial charge in [-0.05, 0) is 25.3 Å². The van der Waals surface area contributed by atoms with Gasteiger partial charge in [-0.15, -0.1) is 0 Å². The highest BCUT2D eigenvalue weighted by atomic mass is 16.1. The molecule has 0 N–H and O–H groups in total. The number of carbonyl (C=O) groups is 1. The molecule has 0 radical (unpaired) electrons. The van der Waals surface area contributed by atoms with Crippen LogP contribution >= 0.6 is 0 Å². The Labute approximate surface area is 113 Å². The van der Waals surface area contributed by atoms with E-state index in [-0.39, 0.29) is 11.8 Å². The van der Waals surface area contributed by atoms with Crippen molar-refractivity contribution in [3.63, 3.8) is 0 Å². The summed E-state index contributed by atoms with van der Waals surface area (Å²) in [6, 6.07) is 2.45. The van der Waals surface area contributed by atoms with Gasteiger partial charge in [-0.2, -0.15) is 5.26 Å². The zero-order chi connectivity index (χ0) is 13.4. The Balaban J connectivity index is 2.00. The lowest BCUT2D eigenvalue weighted by atomic mass is 9.83. The molecule has 2 atom stereocenters. The van der Waals surface area contributed by atoms with Gasteiger partial charge in [0.25, 0.3) is 0 Å². The summed E-state index contributed by atoms with van der Waals surface area (Å²) in [7, 11) is 0. The second-order valence-electron chi connectivity index (χ2n) is 5.54. The van der Waals surface area contributed by atoms with Gasteiger partial charge in [0.15, 0.2) is 5.78 Å². The highest BCUT2D eigenvalue weighted by molar-refractivity contribution is 5.97. The van der Waals surface area contributed by atoms with E-state index in [1.54, 1.807) is 0 Å². The Kier molecular flexibility index (Phi) is 3.02. The summed E-state index contributed by atoms with van der Waals surface area (Å²) >= 11 is 0. The fourth-order valence-corrected chi connectivity index (χ4v) is 3.52. The molecule has 3 heteroatoms. The van der Waals surface area contributed by atoms with Crippen LogP contribution in [0.4, 0.5) is 0 Å². The quantitative estimate of drug-likeness (QED) is 0.761. The zero-order valence-corrected chi connectivity index (χ0v) is 11.2. The molecular formula is C16H18N2O. The number of carbonyl (C=O) groups excluding carboxylic acids is 1. The van der Waals surface area contributed by atoms with Crippen molar-refractivity contribution in [1.82, 2.24) is 4.90 Å². The zero-order valence-electron chi connectivity index (χ0n) is 11.2. The molecule has 19 heavy (non-hydrogen) atoms. The van der Waals surface area contributed by atoms with Crippen molar-refractivity contribution in [3.05, 3.63) is 35.1 Å². The van der Waals surface area contributed by atoms with Crippen LogP contribution in [0.1, 0.15) is 32.6 Å². The lowest BCUT2D eigenvalue weighted by Gasteiger charge is -2.30. The molecule has 0 unspecified atom stereocenters. The molecule has 0 aromatic rings. The van der Waals surface area contributed by atoms with Crippen LogP contribution in [0.25, 0.3) is 0 Å². The predicted molar refractivity (Wildman–Crippen MR) is 73.0 cm³/mol. The number of ketones is 1. The van der Waals surface area contributed by atoms with E-state index in [9.17, 15) is 4.79 Å². The standard InChI is InChI=1S/C16H18N2O/c1-11-6-7-14-13(10-11)12-4-2-5-15(19)16(12)18(14)9-3-8-17/h6-7,10,13-14H,2-5,9H2,1H3/t13-,14-/m0/s1. The van der Waals surface area contributed by atoms with Crippen LogP contribution < -0.4 is 0 Å². The van der Waals surface area contributed by atoms with E-state index < -0.39 is 0 Å². The first-order chi connectivity index (χ1) is 9.22. The van der Waals surface area contributed by atoms with E-state index >= 15 is 0 Å². The fraction of sp³-hybridized carbons (Fsp3) is 0.500. The van der Waals surface area contributed by atoms with Gasteiger partial charge in [0.05, 0.1) is 24.2 Å². The lowest BCUT2D eigenvalue weighted by Crippen LogP contribution is -2.35. The third-order valence-electron chi connectivity index (χ3n) is 4.30. The van der Waals surface area contributed by atoms with Gasteiger partial charge in [0.1, 0.15) is 0 Å². The second kappa shape index (κ2) is 4.70. The Morgan fingerprint density at radius 1 is 1.47 bits per heavy atom. The van der Waals surface area contributed by atoms with E-state index in [2.05, 4.69) is 36.1 Å². The molecule has 1 aliphatic heterocycles. The average Bonchev–Trinajstić information content (AvgIpc) is 2.71. The highest BCUT2D eigenvalue weighted by Crippen LogP contribution is 2.43. The molecule has 3 nitrogen and oxygen atoms in total. The van der Waals surface area contributed by atoms with Gasteiger partial charge >= 0.3 is 0 Å². The highest BCUT2D eigenvalue weighted by Gasteiger charge is 2.42. The number of hydrogen-bond acceptors (Lipinski definition) is 3. The maximum absolute atomic E-state index is 12.2. The first-order valence-corrected chi connectivity index (χ1v) is 6.99. The Hall–Kier alpha value is -1.82. The van der Waals surface area contributed by atoms with Gasteiger partial charge in [-0.1, -0.05) is 23.8 Å². The van der Waals surface area contributed by atoms with Gasteiger partial charge in [-0.3, -0.25) is 4.79 Å². The van der Waals surface area contributed by atoms with Gasteiger partial charge in [0.2, 0.25) is 0 Å². The number of fused-ring (bicyclic) bond motifs is 2. The first kappa shape index (κ1) is 12.2. The van der Waals surface area contributed by atoms with E-state index in [4.69, 9.17) is 5.26 Å². The Morgan fingerprint density at radius 2 is 2.32 bits per heavy atom. The van der Waals surface area contributed by atoms with Crippen molar-refractivity contribution in [2.75, 3.05) is 6.54 Å². The maximum Gasteiger partial charge on any atom is 0.178 e. The minimum Gasteiger partial charge on any atom is -0.360 e. The topological polar surface area (TPSA) is 44.1 Å². The lowest BCUT2D eigenvalue weighted by molar-refractivity contribution is -0.117. The number of nitrogens with zero attached hydrogens (tertiary/aromatic N) is 2. The predicted octanol–water partition coefficient (Wildman–Crippen LogP) is 2.72. The van der Waals surface area contributed by atoms with Crippen molar-refractivity contribution in [3.8, 4) is 6.07 Å². The molecule has 0 fully saturated rings. The summed E-state index contributed by atoms with van der Waals surface area (Å²) in [6.45, 7) is 2.77. The minimum atomic E-state index is 0.254. The van der Waals surface area contributed by atoms with E-state index in [0.717, 1.165) is 18.5 Å². The van der Waals surface area contributed by atoms with E-state index in [1.807, 2.05) is 0 Å². The molecule has 0 saturated carbocycles. The van der Waals surface area contributed by atoms with Gasteiger partial charge < -0.3 is 4.90 Å². The molecular weight excluding hydrogens is 236 g/mol. The molecule has 0 saturated heterocycles. The molecule has 0 amide bonds. The molecule has 2 aliphatic carbocycles. The van der Waals surface area contributed by atoms with Crippen LogP contribution in [0, 0.1) is 17.2 Å². The monoisotopic (exact) mass is 254 g/mol. The maximum atomic E-state index is 12.2. The van der Waals surface area contributed by atoms with Crippen molar-refractivity contribution in [2.45, 2.75) is 38.6 Å². The summed E-state index contributed by atoms with van der Waals surface area (Å²) in [5.41, 5.74) is 3.50. The van der Waals surface area contributed by atoms with Gasteiger partial charge in [0, 0.05) is 18.9 Å². The van der Waals surface area contributed by atoms with Gasteiger partial charge in [-0.25, -0.2) is 0 Å². The van der Waals surface area contributed by atoms with E-state index in [0.29, 0.717) is 25.3 Å². The number of hydrogen-bond donors (Lipinski definition) is 0. The van der Waals surface area contributed by atoms with Crippen molar-refractivity contribution in [1.29, 1.82) is 5.26 Å². The molecule has 0 aromatic carbocycles. The Bertz CT molecular complexity index is 548. The molecule has 98 valence electrons. The molecule has 3 rings (SSSR count). The fourth-order valence-electron chi connectivity index (χ4n) is 3.52. The summed E-state index contributed by atoms with van der Waals surface area (Å²) in [6.07, 6.45) is 9.75. The molecule has 1 heterocycles. The van der Waals surface area contributed by atoms with E-state index in [1.165, 1.54) is 11.1 Å². The van der Waals surface area contributed by atoms with Crippen LogP contribution in [0.15, 0.2) is 35.1 Å². The smallest absolute Gasteiger partial charge is 0.178 e. The van der Waals surface area contributed by atoms with Crippen molar-refractivity contribution < 1.29 is 4.79 Å². The van der Waals surface area contributed by atoms with Crippen molar-refractivity contribution in [2.24, 2.45) is 5.92 Å². The van der Waals surface area contributed by atoms with Crippen LogP contribution in [0.3, 0.4) is 0 Å². The molecule has 3 aliphatic rings. The third-order valence-corrected chi connectivity index (χ3v) is 4.30. The average molecular weight is 254 g/mol. The largest absolute Gasteiger partial charge is 0.360 e. The molecule has 0 bridgehead atoms. The normalized spacial score (nSPS) is 28.9. The number of allylic oxidation sites excluding steroid dienone is 3. The number of nitriles is 1. The summed E-state index contributed by atoms with van der Waals surface area (Å²) in [5, 5.41) is 8.82. The third kappa shape index (κ3) is 1.92. The Morgan fingerprint density at radius 3 is 3.11 bits per heavy atom. The SMILES string of the molecule is CC1=C[C@H]2C3=C(C(=O)CCC3)N(CCC#N)[C@H]2C=C1. The van der Waals surface area contributed by atoms with Crippen LogP contribution in [0.5, 0.6) is 0 Å². The second-order valence-corrected chi connectivity index (χ2v) is 5.54. The minimum absolute atomic E-state index is 0.254. The van der Waals surface area contributed by atoms with Crippen LogP contribution in [0.2, 0.25) is 0 Å². The van der Waals surface area contributed by atoms with Crippen molar-refractivity contribution >= 4 is 5.78 Å². The summed E-state index contributed by atoms with van der Waals surface area (Å²) in [4.78, 5) is 14.4. The summed E-state index contributed by atoms with van der Waals surface area (Å²) in [5.74, 6) is 0.621. The molecule has 0 spiro atoms. The number of Topliss-reactive ketones (excluding diaryl/α,β-unsaturated/α-hetero) is 1. The number of rotatable bonds is 2.